The standard InChI is InChI=1S/C7H13NO4.C5H9NO4.C2H8N2/c8-5(7(11)12)3-1-2-4-6(9)10;6-3(5(9)10)1-2-4(7)8;3-1-2-4/h5H,1-4,8H2,(H,9,10)(H,11,12);3H,1-2,6H2,(H,7,8)(H,9,10);1-4H2/t;3-;/m.0./s1. The summed E-state index contributed by atoms with van der Waals surface area (Å²) in [5, 5.41) is 32.9. The van der Waals surface area contributed by atoms with Gasteiger partial charge < -0.3 is 43.4 Å². The molecule has 0 spiro atoms. The summed E-state index contributed by atoms with van der Waals surface area (Å²) in [4.78, 5) is 40.1. The maximum Gasteiger partial charge on any atom is 0.320 e. The minimum Gasteiger partial charge on any atom is -0.481 e. The summed E-state index contributed by atoms with van der Waals surface area (Å²) < 4.78 is 0. The first-order chi connectivity index (χ1) is 12.0. The molecule has 0 aliphatic rings. The molecule has 12 nitrogen and oxygen atoms in total. The van der Waals surface area contributed by atoms with E-state index in [-0.39, 0.29) is 19.3 Å². The Labute approximate surface area is 151 Å². The smallest absolute Gasteiger partial charge is 0.320 e. The van der Waals surface area contributed by atoms with Crippen LogP contribution in [-0.2, 0) is 19.2 Å². The van der Waals surface area contributed by atoms with Gasteiger partial charge in [-0.05, 0) is 19.3 Å². The lowest BCUT2D eigenvalue weighted by atomic mass is 10.1. The number of hydrogen-bond donors (Lipinski definition) is 8. The second kappa shape index (κ2) is 19.1. The minimum atomic E-state index is -1.17. The molecule has 0 aliphatic heterocycles. The van der Waals surface area contributed by atoms with Crippen molar-refractivity contribution in [2.24, 2.45) is 22.9 Å². The molecule has 0 radical (unpaired) electrons. The quantitative estimate of drug-likeness (QED) is 0.184. The van der Waals surface area contributed by atoms with Gasteiger partial charge in [0.2, 0.25) is 0 Å². The van der Waals surface area contributed by atoms with Crippen molar-refractivity contribution in [2.45, 2.75) is 50.6 Å². The molecular weight excluding hydrogens is 352 g/mol. The molecule has 0 aliphatic carbocycles. The maximum atomic E-state index is 10.2. The van der Waals surface area contributed by atoms with Crippen molar-refractivity contribution in [1.29, 1.82) is 0 Å². The lowest BCUT2D eigenvalue weighted by molar-refractivity contribution is -0.141. The molecular formula is C14H30N4O8. The molecule has 0 saturated heterocycles. The van der Waals surface area contributed by atoms with Gasteiger partial charge in [0.15, 0.2) is 0 Å². The molecule has 0 rings (SSSR count). The van der Waals surface area contributed by atoms with Gasteiger partial charge in [0.05, 0.1) is 0 Å². The molecule has 0 bridgehead atoms. The zero-order valence-corrected chi connectivity index (χ0v) is 14.5. The van der Waals surface area contributed by atoms with Gasteiger partial charge in [-0.15, -0.1) is 0 Å². The predicted octanol–water partition coefficient (Wildman–Crippen LogP) is -1.79. The van der Waals surface area contributed by atoms with Crippen molar-refractivity contribution in [3.63, 3.8) is 0 Å². The highest BCUT2D eigenvalue weighted by Crippen LogP contribution is 2.02. The van der Waals surface area contributed by atoms with Gasteiger partial charge in [0, 0.05) is 25.9 Å². The molecule has 0 saturated carbocycles. The van der Waals surface area contributed by atoms with E-state index in [2.05, 4.69) is 0 Å². The number of nitrogens with two attached hydrogens (primary N) is 4. The van der Waals surface area contributed by atoms with Gasteiger partial charge in [-0.2, -0.15) is 0 Å². The minimum absolute atomic E-state index is 0.0231. The Hall–Kier alpha value is -2.28. The van der Waals surface area contributed by atoms with Crippen LogP contribution in [0.2, 0.25) is 0 Å². The molecule has 26 heavy (non-hydrogen) atoms. The van der Waals surface area contributed by atoms with Crippen LogP contribution in [0.4, 0.5) is 0 Å². The first-order valence-corrected chi connectivity index (χ1v) is 7.80. The number of hydrogen-bond acceptors (Lipinski definition) is 8. The Balaban J connectivity index is -0.000000341. The van der Waals surface area contributed by atoms with Crippen LogP contribution in [0.25, 0.3) is 0 Å². The van der Waals surface area contributed by atoms with Gasteiger partial charge in [0.1, 0.15) is 12.1 Å². The van der Waals surface area contributed by atoms with E-state index in [1.54, 1.807) is 0 Å². The number of carboxylic acids is 4. The molecule has 0 fully saturated rings. The van der Waals surface area contributed by atoms with E-state index in [0.717, 1.165) is 0 Å². The van der Waals surface area contributed by atoms with Crippen LogP contribution in [0.15, 0.2) is 0 Å². The van der Waals surface area contributed by atoms with E-state index in [4.69, 9.17) is 43.4 Å². The highest BCUT2D eigenvalue weighted by atomic mass is 16.4. The summed E-state index contributed by atoms with van der Waals surface area (Å²) in [6.07, 6.45) is 1.21. The van der Waals surface area contributed by atoms with E-state index in [1.807, 2.05) is 0 Å². The second-order valence-electron chi connectivity index (χ2n) is 5.04. The average Bonchev–Trinajstić information content (AvgIpc) is 2.56. The molecule has 154 valence electrons. The number of carbonyl (C=O) groups is 4. The Kier molecular flexibility index (Phi) is 20.9. The van der Waals surface area contributed by atoms with Crippen LogP contribution in [0.5, 0.6) is 0 Å². The van der Waals surface area contributed by atoms with E-state index >= 15 is 0 Å². The van der Waals surface area contributed by atoms with Crippen molar-refractivity contribution < 1.29 is 39.6 Å². The lowest BCUT2D eigenvalue weighted by Gasteiger charge is -2.03. The van der Waals surface area contributed by atoms with Crippen LogP contribution < -0.4 is 22.9 Å². The Bertz CT molecular complexity index is 418. The van der Waals surface area contributed by atoms with Crippen LogP contribution in [0.3, 0.4) is 0 Å². The van der Waals surface area contributed by atoms with Gasteiger partial charge in [-0.25, -0.2) is 0 Å². The third-order valence-corrected chi connectivity index (χ3v) is 2.63. The topological polar surface area (TPSA) is 253 Å². The van der Waals surface area contributed by atoms with Crippen molar-refractivity contribution >= 4 is 23.9 Å². The number of rotatable bonds is 11. The third-order valence-electron chi connectivity index (χ3n) is 2.63. The van der Waals surface area contributed by atoms with Crippen molar-refractivity contribution in [3.05, 3.63) is 0 Å². The fourth-order valence-electron chi connectivity index (χ4n) is 1.17. The summed E-state index contributed by atoms with van der Waals surface area (Å²) in [6.45, 7) is 1.19. The molecule has 2 atom stereocenters. The fraction of sp³-hybridized carbons (Fsp3) is 0.714. The highest BCUT2D eigenvalue weighted by molar-refractivity contribution is 5.74. The SMILES string of the molecule is NC(CCCCC(=O)O)C(=O)O.NCCN.N[C@@H](CCC(=O)O)C(=O)O. The maximum absolute atomic E-state index is 10.2. The lowest BCUT2D eigenvalue weighted by Crippen LogP contribution is -2.30. The van der Waals surface area contributed by atoms with Crippen LogP contribution in [-0.4, -0.2) is 69.5 Å². The number of carboxylic acid groups (broad SMARTS) is 4. The fourth-order valence-corrected chi connectivity index (χ4v) is 1.17. The molecule has 0 aromatic carbocycles. The summed E-state index contributed by atoms with van der Waals surface area (Å²) in [5.74, 6) is -4.10. The van der Waals surface area contributed by atoms with E-state index in [9.17, 15) is 19.2 Å². The van der Waals surface area contributed by atoms with E-state index in [0.29, 0.717) is 32.4 Å². The van der Waals surface area contributed by atoms with Crippen LogP contribution in [0.1, 0.15) is 38.5 Å². The molecule has 1 unspecified atom stereocenters. The Morgan fingerprint density at radius 3 is 1.35 bits per heavy atom. The van der Waals surface area contributed by atoms with Crippen molar-refractivity contribution in [1.82, 2.24) is 0 Å². The monoisotopic (exact) mass is 382 g/mol. The molecule has 0 heterocycles. The van der Waals surface area contributed by atoms with Crippen LogP contribution in [0, 0.1) is 0 Å². The molecule has 12 heteroatoms. The zero-order valence-electron chi connectivity index (χ0n) is 14.5. The van der Waals surface area contributed by atoms with E-state index < -0.39 is 36.0 Å². The zero-order chi connectivity index (χ0) is 21.1. The van der Waals surface area contributed by atoms with Gasteiger partial charge in [0.25, 0.3) is 0 Å². The van der Waals surface area contributed by atoms with Gasteiger partial charge in [-0.1, -0.05) is 6.42 Å². The largest absolute Gasteiger partial charge is 0.481 e. The highest BCUT2D eigenvalue weighted by Gasteiger charge is 2.12. The summed E-state index contributed by atoms with van der Waals surface area (Å²) in [7, 11) is 0. The van der Waals surface area contributed by atoms with Crippen molar-refractivity contribution in [3.8, 4) is 0 Å². The number of unbranched alkanes of at least 4 members (excludes halogenated alkanes) is 1. The average molecular weight is 382 g/mol. The Morgan fingerprint density at radius 1 is 0.654 bits per heavy atom. The first-order valence-electron chi connectivity index (χ1n) is 7.80. The summed E-state index contributed by atoms with van der Waals surface area (Å²) in [5.41, 5.74) is 20.0. The first kappa shape index (κ1) is 28.5. The van der Waals surface area contributed by atoms with E-state index in [1.165, 1.54) is 0 Å². The van der Waals surface area contributed by atoms with Crippen molar-refractivity contribution in [2.75, 3.05) is 13.1 Å². The van der Waals surface area contributed by atoms with Crippen LogP contribution >= 0.6 is 0 Å². The second-order valence-corrected chi connectivity index (χ2v) is 5.04. The Morgan fingerprint density at radius 2 is 1.04 bits per heavy atom. The molecule has 0 amide bonds. The summed E-state index contributed by atoms with van der Waals surface area (Å²) >= 11 is 0. The molecule has 0 aromatic rings. The predicted molar refractivity (Wildman–Crippen MR) is 92.3 cm³/mol. The molecule has 0 aromatic heterocycles. The normalized spacial score (nSPS) is 11.7. The van der Waals surface area contributed by atoms with Gasteiger partial charge >= 0.3 is 23.9 Å². The molecule has 12 N–H and O–H groups in total. The third kappa shape index (κ3) is 26.6. The summed E-state index contributed by atoms with van der Waals surface area (Å²) in [6, 6.07) is -1.92. The number of aliphatic carboxylic acids is 4. The van der Waals surface area contributed by atoms with Gasteiger partial charge in [-0.3, -0.25) is 19.2 Å².